The molecule has 0 radical (unpaired) electrons. The number of rotatable bonds is 4. The first kappa shape index (κ1) is 16.4. The first-order valence-corrected chi connectivity index (χ1v) is 8.70. The number of anilines is 1. The third-order valence-electron chi connectivity index (χ3n) is 4.76. The molecule has 2 heterocycles. The maximum Gasteiger partial charge on any atom is 0.256 e. The second-order valence-electron chi connectivity index (χ2n) is 6.87. The Hall–Kier alpha value is -3.02. The molecule has 4 rings (SSSR count). The van der Waals surface area contributed by atoms with Crippen LogP contribution in [-0.4, -0.2) is 26.5 Å². The zero-order chi connectivity index (χ0) is 18.4. The predicted molar refractivity (Wildman–Crippen MR) is 99.6 cm³/mol. The van der Waals surface area contributed by atoms with Crippen molar-refractivity contribution in [1.82, 2.24) is 14.8 Å². The zero-order valence-electron chi connectivity index (χ0n) is 15.0. The number of ketones is 1. The Labute approximate surface area is 151 Å². The zero-order valence-corrected chi connectivity index (χ0v) is 15.0. The molecule has 2 aromatic heterocycles. The van der Waals surface area contributed by atoms with E-state index in [4.69, 9.17) is 4.98 Å². The normalized spacial score (nSPS) is 13.8. The lowest BCUT2D eigenvalue weighted by molar-refractivity contribution is 0.101. The summed E-state index contributed by atoms with van der Waals surface area (Å²) in [7, 11) is 1.84. The Morgan fingerprint density at radius 2 is 2.00 bits per heavy atom. The van der Waals surface area contributed by atoms with Gasteiger partial charge in [0.25, 0.3) is 5.91 Å². The van der Waals surface area contributed by atoms with Crippen molar-refractivity contribution >= 4 is 28.4 Å². The summed E-state index contributed by atoms with van der Waals surface area (Å²) < 4.78 is 1.73. The van der Waals surface area contributed by atoms with E-state index in [9.17, 15) is 9.59 Å². The van der Waals surface area contributed by atoms with Crippen molar-refractivity contribution < 1.29 is 9.59 Å². The monoisotopic (exact) mass is 348 g/mol. The Bertz CT molecular complexity index is 1050. The average Bonchev–Trinajstić information content (AvgIpc) is 3.41. The second-order valence-corrected chi connectivity index (χ2v) is 6.87. The van der Waals surface area contributed by atoms with Gasteiger partial charge in [-0.15, -0.1) is 0 Å². The number of hydrogen-bond donors (Lipinski definition) is 1. The summed E-state index contributed by atoms with van der Waals surface area (Å²) in [6.07, 6.45) is 2.22. The van der Waals surface area contributed by atoms with Crippen LogP contribution in [-0.2, 0) is 7.05 Å². The number of hydrogen-bond acceptors (Lipinski definition) is 4. The number of aryl methyl sites for hydroxylation is 2. The van der Waals surface area contributed by atoms with Gasteiger partial charge in [0.2, 0.25) is 0 Å². The highest BCUT2D eigenvalue weighted by Crippen LogP contribution is 2.40. The first-order chi connectivity index (χ1) is 12.4. The van der Waals surface area contributed by atoms with E-state index in [0.29, 0.717) is 22.7 Å². The summed E-state index contributed by atoms with van der Waals surface area (Å²) in [4.78, 5) is 29.3. The van der Waals surface area contributed by atoms with E-state index < -0.39 is 0 Å². The van der Waals surface area contributed by atoms with Gasteiger partial charge in [0.05, 0.1) is 16.6 Å². The van der Waals surface area contributed by atoms with Crippen LogP contribution < -0.4 is 5.32 Å². The fraction of sp³-hybridized carbons (Fsp3) is 0.300. The Kier molecular flexibility index (Phi) is 3.83. The predicted octanol–water partition coefficient (Wildman–Crippen LogP) is 3.61. The highest BCUT2D eigenvalue weighted by Gasteiger charge is 2.28. The number of carbonyl (C=O) groups excluding carboxylic acids is 2. The van der Waals surface area contributed by atoms with E-state index in [-0.39, 0.29) is 11.7 Å². The van der Waals surface area contributed by atoms with Crippen LogP contribution in [0.25, 0.3) is 11.0 Å². The number of aromatic nitrogens is 3. The van der Waals surface area contributed by atoms with Gasteiger partial charge < -0.3 is 5.32 Å². The minimum absolute atomic E-state index is 0.0356. The number of benzene rings is 1. The maximum atomic E-state index is 13.0. The van der Waals surface area contributed by atoms with E-state index in [1.54, 1.807) is 28.9 Å². The molecule has 6 nitrogen and oxygen atoms in total. The Balaban J connectivity index is 1.76. The number of nitrogens with one attached hydrogen (secondary N) is 1. The lowest BCUT2D eigenvalue weighted by atomic mass is 10.1. The van der Waals surface area contributed by atoms with Crippen LogP contribution in [0.3, 0.4) is 0 Å². The van der Waals surface area contributed by atoms with Gasteiger partial charge in [-0.05, 0) is 44.9 Å². The average molecular weight is 348 g/mol. The highest BCUT2D eigenvalue weighted by molar-refractivity contribution is 6.13. The number of amides is 1. The van der Waals surface area contributed by atoms with Crippen LogP contribution in [0.1, 0.15) is 57.8 Å². The molecular weight excluding hydrogens is 328 g/mol. The van der Waals surface area contributed by atoms with Crippen molar-refractivity contribution in [1.29, 1.82) is 0 Å². The quantitative estimate of drug-likeness (QED) is 0.731. The van der Waals surface area contributed by atoms with Gasteiger partial charge in [0.15, 0.2) is 11.4 Å². The summed E-state index contributed by atoms with van der Waals surface area (Å²) in [6.45, 7) is 3.39. The van der Waals surface area contributed by atoms with Crippen molar-refractivity contribution in [3.8, 4) is 0 Å². The molecule has 1 amide bonds. The molecule has 0 atom stereocenters. The third kappa shape index (κ3) is 2.87. The van der Waals surface area contributed by atoms with Crippen molar-refractivity contribution in [3.05, 3.63) is 52.8 Å². The van der Waals surface area contributed by atoms with E-state index >= 15 is 0 Å². The summed E-state index contributed by atoms with van der Waals surface area (Å²) in [5.41, 5.74) is 4.20. The summed E-state index contributed by atoms with van der Waals surface area (Å²) >= 11 is 0. The number of nitrogens with zero attached hydrogens (tertiary/aromatic N) is 3. The van der Waals surface area contributed by atoms with Crippen LogP contribution in [0, 0.1) is 6.92 Å². The standard InChI is InChI=1S/C20H20N4O2/c1-11-18-16(10-17(13-7-8-13)22-19(18)24(3)23-11)20(26)21-15-6-4-5-14(9-15)12(2)25/h4-6,9-10,13H,7-8H2,1-3H3,(H,21,26). The molecule has 1 fully saturated rings. The topological polar surface area (TPSA) is 76.9 Å². The molecular formula is C20H20N4O2. The molecule has 1 aliphatic carbocycles. The minimum Gasteiger partial charge on any atom is -0.322 e. The molecule has 0 spiro atoms. The lowest BCUT2D eigenvalue weighted by Crippen LogP contribution is -2.14. The fourth-order valence-corrected chi connectivity index (χ4v) is 3.25. The van der Waals surface area contributed by atoms with Crippen LogP contribution in [0.2, 0.25) is 0 Å². The molecule has 1 saturated carbocycles. The SMILES string of the molecule is CC(=O)c1cccc(NC(=O)c2cc(C3CC3)nc3c2c(C)nn3C)c1. The number of Topliss-reactive ketones (excluding diaryl/α,β-unsaturated/α-hetero) is 1. The van der Waals surface area contributed by atoms with Crippen LogP contribution in [0.15, 0.2) is 30.3 Å². The molecule has 0 saturated heterocycles. The van der Waals surface area contributed by atoms with E-state index in [0.717, 1.165) is 35.3 Å². The van der Waals surface area contributed by atoms with Crippen LogP contribution in [0.4, 0.5) is 5.69 Å². The minimum atomic E-state index is -0.212. The molecule has 0 unspecified atom stereocenters. The second kappa shape index (κ2) is 6.05. The third-order valence-corrected chi connectivity index (χ3v) is 4.76. The largest absolute Gasteiger partial charge is 0.322 e. The molecule has 1 N–H and O–H groups in total. The van der Waals surface area contributed by atoms with E-state index in [1.165, 1.54) is 6.92 Å². The van der Waals surface area contributed by atoms with E-state index in [1.807, 2.05) is 20.0 Å². The Morgan fingerprint density at radius 3 is 2.69 bits per heavy atom. The van der Waals surface area contributed by atoms with Crippen LogP contribution in [0.5, 0.6) is 0 Å². The van der Waals surface area contributed by atoms with Crippen molar-refractivity contribution in [2.45, 2.75) is 32.6 Å². The summed E-state index contributed by atoms with van der Waals surface area (Å²) in [6, 6.07) is 8.86. The molecule has 1 aliphatic rings. The molecule has 1 aromatic carbocycles. The van der Waals surface area contributed by atoms with Crippen molar-refractivity contribution in [2.75, 3.05) is 5.32 Å². The van der Waals surface area contributed by atoms with Crippen molar-refractivity contribution in [2.24, 2.45) is 7.05 Å². The Morgan fingerprint density at radius 1 is 1.23 bits per heavy atom. The van der Waals surface area contributed by atoms with Gasteiger partial charge in [0.1, 0.15) is 0 Å². The number of pyridine rings is 1. The molecule has 132 valence electrons. The molecule has 0 aliphatic heterocycles. The van der Waals surface area contributed by atoms with Gasteiger partial charge in [-0.25, -0.2) is 4.98 Å². The lowest BCUT2D eigenvalue weighted by Gasteiger charge is -2.09. The fourth-order valence-electron chi connectivity index (χ4n) is 3.25. The van der Waals surface area contributed by atoms with Gasteiger partial charge in [-0.2, -0.15) is 5.10 Å². The van der Waals surface area contributed by atoms with Gasteiger partial charge in [-0.1, -0.05) is 12.1 Å². The molecule has 6 heteroatoms. The summed E-state index contributed by atoms with van der Waals surface area (Å²) in [5.74, 6) is 0.185. The van der Waals surface area contributed by atoms with E-state index in [2.05, 4.69) is 10.4 Å². The number of carbonyl (C=O) groups is 2. The summed E-state index contributed by atoms with van der Waals surface area (Å²) in [5, 5.41) is 8.12. The van der Waals surface area contributed by atoms with Gasteiger partial charge in [-0.3, -0.25) is 14.3 Å². The van der Waals surface area contributed by atoms with Crippen LogP contribution >= 0.6 is 0 Å². The number of fused-ring (bicyclic) bond motifs is 1. The molecule has 0 bridgehead atoms. The maximum absolute atomic E-state index is 13.0. The van der Waals surface area contributed by atoms with Gasteiger partial charge in [0, 0.05) is 29.9 Å². The molecule has 26 heavy (non-hydrogen) atoms. The van der Waals surface area contributed by atoms with Gasteiger partial charge >= 0.3 is 0 Å². The molecule has 3 aromatic rings. The van der Waals surface area contributed by atoms with Crippen molar-refractivity contribution in [3.63, 3.8) is 0 Å². The smallest absolute Gasteiger partial charge is 0.256 e. The first-order valence-electron chi connectivity index (χ1n) is 8.70. The highest BCUT2D eigenvalue weighted by atomic mass is 16.1.